The van der Waals surface area contributed by atoms with Crippen molar-refractivity contribution in [1.82, 2.24) is 5.32 Å². The van der Waals surface area contributed by atoms with E-state index in [0.717, 1.165) is 10.4 Å². The summed E-state index contributed by atoms with van der Waals surface area (Å²) in [5.41, 5.74) is 1.60. The average Bonchev–Trinajstić information content (AvgIpc) is 3.31. The minimum absolute atomic E-state index is 0.277. The van der Waals surface area contributed by atoms with Gasteiger partial charge < -0.3 is 10.1 Å². The van der Waals surface area contributed by atoms with Gasteiger partial charge in [0.1, 0.15) is 11.8 Å². The number of carbonyl (C=O) groups excluding carboxylic acids is 2. The number of nitrogens with one attached hydrogen (secondary N) is 1. The minimum Gasteiger partial charge on any atom is -0.495 e. The molecule has 0 spiro atoms. The van der Waals surface area contributed by atoms with E-state index in [4.69, 9.17) is 16.3 Å². The molecule has 31 heavy (non-hydrogen) atoms. The van der Waals surface area contributed by atoms with Crippen LogP contribution in [0.25, 0.3) is 0 Å². The molecule has 0 saturated carbocycles. The van der Waals surface area contributed by atoms with Gasteiger partial charge in [-0.2, -0.15) is 0 Å². The van der Waals surface area contributed by atoms with E-state index in [-0.39, 0.29) is 5.91 Å². The normalized spacial score (nSPS) is 11.4. The predicted molar refractivity (Wildman–Crippen MR) is 126 cm³/mol. The molecule has 1 N–H and O–H groups in total. The number of hydrogen-bond donors (Lipinski definition) is 1. The van der Waals surface area contributed by atoms with Gasteiger partial charge >= 0.3 is 0 Å². The zero-order valence-electron chi connectivity index (χ0n) is 17.1. The summed E-state index contributed by atoms with van der Waals surface area (Å²) in [7, 11) is 1.52. The number of thiophene rings is 1. The number of anilines is 1. The third-order valence-corrected chi connectivity index (χ3v) is 5.92. The molecule has 0 fully saturated rings. The molecule has 3 rings (SSSR count). The molecular weight excluding hydrogens is 432 g/mol. The second kappa shape index (κ2) is 10.8. The first-order valence-electron chi connectivity index (χ1n) is 9.69. The van der Waals surface area contributed by atoms with Gasteiger partial charge in [-0.3, -0.25) is 14.5 Å². The van der Waals surface area contributed by atoms with E-state index >= 15 is 0 Å². The maximum atomic E-state index is 13.3. The third kappa shape index (κ3) is 5.54. The molecule has 2 aromatic carbocycles. The van der Waals surface area contributed by atoms with Crippen LogP contribution in [0.1, 0.15) is 16.5 Å². The maximum Gasteiger partial charge on any atom is 0.251 e. The van der Waals surface area contributed by atoms with Gasteiger partial charge in [-0.1, -0.05) is 54.6 Å². The molecule has 1 heterocycles. The van der Waals surface area contributed by atoms with Gasteiger partial charge in [0.2, 0.25) is 5.91 Å². The standard InChI is InChI=1S/C24H23ClN2O3S/c1-3-22(28)27(18-11-12-20(30-2)19(25)16-18)23(21-10-7-15-31-21)24(29)26-14-13-17-8-5-4-6-9-17/h3-12,15-16,23H,1,13-14H2,2H3,(H,26,29). The average molecular weight is 455 g/mol. The third-order valence-electron chi connectivity index (χ3n) is 4.70. The molecule has 0 radical (unpaired) electrons. The Morgan fingerprint density at radius 3 is 2.58 bits per heavy atom. The van der Waals surface area contributed by atoms with Crippen molar-refractivity contribution in [2.75, 3.05) is 18.6 Å². The lowest BCUT2D eigenvalue weighted by atomic mass is 10.1. The summed E-state index contributed by atoms with van der Waals surface area (Å²) in [5.74, 6) is -0.199. The zero-order chi connectivity index (χ0) is 22.2. The predicted octanol–water partition coefficient (Wildman–Crippen LogP) is 5.03. The number of halogens is 1. The smallest absolute Gasteiger partial charge is 0.251 e. The molecule has 1 unspecified atom stereocenters. The minimum atomic E-state index is -0.856. The van der Waals surface area contributed by atoms with Crippen molar-refractivity contribution in [1.29, 1.82) is 0 Å². The second-order valence-electron chi connectivity index (χ2n) is 6.68. The first-order valence-corrected chi connectivity index (χ1v) is 10.9. The monoisotopic (exact) mass is 454 g/mol. The van der Waals surface area contributed by atoms with Gasteiger partial charge in [0.25, 0.3) is 5.91 Å². The number of carbonyl (C=O) groups is 2. The summed E-state index contributed by atoms with van der Waals surface area (Å²) >= 11 is 7.70. The van der Waals surface area contributed by atoms with E-state index in [2.05, 4.69) is 11.9 Å². The largest absolute Gasteiger partial charge is 0.495 e. The highest BCUT2D eigenvalue weighted by Crippen LogP contribution is 2.35. The van der Waals surface area contributed by atoms with Gasteiger partial charge in [0.05, 0.1) is 12.1 Å². The zero-order valence-corrected chi connectivity index (χ0v) is 18.7. The Bertz CT molecular complexity index is 1040. The van der Waals surface area contributed by atoms with Crippen LogP contribution in [-0.2, 0) is 16.0 Å². The highest BCUT2D eigenvalue weighted by atomic mass is 35.5. The van der Waals surface area contributed by atoms with Crippen LogP contribution < -0.4 is 15.0 Å². The Kier molecular flexibility index (Phi) is 7.87. The molecule has 2 amide bonds. The molecule has 3 aromatic rings. The van der Waals surface area contributed by atoms with Crippen molar-refractivity contribution < 1.29 is 14.3 Å². The fraction of sp³-hybridized carbons (Fsp3) is 0.167. The van der Waals surface area contributed by atoms with Crippen LogP contribution in [0.3, 0.4) is 0 Å². The van der Waals surface area contributed by atoms with Crippen LogP contribution in [0.2, 0.25) is 5.02 Å². The summed E-state index contributed by atoms with van der Waals surface area (Å²) < 4.78 is 5.21. The quantitative estimate of drug-likeness (QED) is 0.461. The highest BCUT2D eigenvalue weighted by Gasteiger charge is 2.32. The Morgan fingerprint density at radius 2 is 1.97 bits per heavy atom. The van der Waals surface area contributed by atoms with Crippen molar-refractivity contribution in [2.24, 2.45) is 0 Å². The first-order chi connectivity index (χ1) is 15.0. The van der Waals surface area contributed by atoms with Crippen molar-refractivity contribution in [3.05, 3.63) is 94.2 Å². The van der Waals surface area contributed by atoms with Crippen molar-refractivity contribution >= 4 is 40.4 Å². The molecule has 0 aliphatic carbocycles. The van der Waals surface area contributed by atoms with Crippen molar-refractivity contribution in [2.45, 2.75) is 12.5 Å². The molecule has 7 heteroatoms. The van der Waals surface area contributed by atoms with E-state index < -0.39 is 11.9 Å². The van der Waals surface area contributed by atoms with Crippen molar-refractivity contribution in [3.63, 3.8) is 0 Å². The van der Waals surface area contributed by atoms with Crippen LogP contribution in [0.15, 0.2) is 78.7 Å². The van der Waals surface area contributed by atoms with Crippen molar-refractivity contribution in [3.8, 4) is 5.75 Å². The maximum absolute atomic E-state index is 13.3. The van der Waals surface area contributed by atoms with Gasteiger partial charge in [0, 0.05) is 17.1 Å². The van der Waals surface area contributed by atoms with E-state index in [9.17, 15) is 9.59 Å². The number of hydrogen-bond acceptors (Lipinski definition) is 4. The lowest BCUT2D eigenvalue weighted by molar-refractivity contribution is -0.125. The Labute approximate surface area is 190 Å². The molecule has 160 valence electrons. The van der Waals surface area contributed by atoms with Crippen LogP contribution in [-0.4, -0.2) is 25.5 Å². The highest BCUT2D eigenvalue weighted by molar-refractivity contribution is 7.10. The molecule has 0 bridgehead atoms. The Morgan fingerprint density at radius 1 is 1.19 bits per heavy atom. The van der Waals surface area contributed by atoms with E-state index in [1.807, 2.05) is 47.8 Å². The van der Waals surface area contributed by atoms with Crippen LogP contribution >= 0.6 is 22.9 Å². The number of amides is 2. The molecular formula is C24H23ClN2O3S. The van der Waals surface area contributed by atoms with Gasteiger partial charge in [-0.05, 0) is 47.7 Å². The molecule has 0 aliphatic heterocycles. The second-order valence-corrected chi connectivity index (χ2v) is 8.06. The molecule has 1 atom stereocenters. The molecule has 1 aromatic heterocycles. The number of methoxy groups -OCH3 is 1. The van der Waals surface area contributed by atoms with Crippen LogP contribution in [0.4, 0.5) is 5.69 Å². The van der Waals surface area contributed by atoms with E-state index in [1.54, 1.807) is 18.2 Å². The Balaban J connectivity index is 1.90. The first kappa shape index (κ1) is 22.6. The number of rotatable bonds is 9. The number of benzene rings is 2. The summed E-state index contributed by atoms with van der Waals surface area (Å²) in [6.07, 6.45) is 1.88. The Hall–Kier alpha value is -3.09. The van der Waals surface area contributed by atoms with Crippen LogP contribution in [0, 0.1) is 0 Å². The van der Waals surface area contributed by atoms with Gasteiger partial charge in [-0.25, -0.2) is 0 Å². The SMILES string of the molecule is C=CC(=O)N(c1ccc(OC)c(Cl)c1)C(C(=O)NCCc1ccccc1)c1cccs1. The van der Waals surface area contributed by atoms with E-state index in [1.165, 1.54) is 29.4 Å². The fourth-order valence-corrected chi connectivity index (χ4v) is 4.26. The molecule has 5 nitrogen and oxygen atoms in total. The summed E-state index contributed by atoms with van der Waals surface area (Å²) in [6.45, 7) is 4.06. The lowest BCUT2D eigenvalue weighted by Crippen LogP contribution is -2.43. The lowest BCUT2D eigenvalue weighted by Gasteiger charge is -2.30. The summed E-state index contributed by atoms with van der Waals surface area (Å²) in [4.78, 5) is 28.3. The molecule has 0 aliphatic rings. The van der Waals surface area contributed by atoms with E-state index in [0.29, 0.717) is 29.4 Å². The van der Waals surface area contributed by atoms with Gasteiger partial charge in [-0.15, -0.1) is 11.3 Å². The summed E-state index contributed by atoms with van der Waals surface area (Å²) in [6, 6.07) is 17.7. The van der Waals surface area contributed by atoms with Crippen LogP contribution in [0.5, 0.6) is 5.75 Å². The topological polar surface area (TPSA) is 58.6 Å². The molecule has 0 saturated heterocycles. The number of ether oxygens (including phenoxy) is 1. The fourth-order valence-electron chi connectivity index (χ4n) is 3.20. The number of nitrogens with zero attached hydrogens (tertiary/aromatic N) is 1. The van der Waals surface area contributed by atoms with Gasteiger partial charge in [0.15, 0.2) is 0 Å². The summed E-state index contributed by atoms with van der Waals surface area (Å²) in [5, 5.41) is 5.18.